The number of aliphatic hydroxyl groups is 1. The quantitative estimate of drug-likeness (QED) is 0.829. The topological polar surface area (TPSA) is 95.6 Å². The molecule has 7 heteroatoms. The first-order valence-corrected chi connectivity index (χ1v) is 8.70. The molecule has 0 aromatic carbocycles. The van der Waals surface area contributed by atoms with Crippen molar-refractivity contribution in [2.45, 2.75) is 45.6 Å². The predicted octanol–water partition coefficient (Wildman–Crippen LogP) is 0.739. The van der Waals surface area contributed by atoms with Gasteiger partial charge in [-0.15, -0.1) is 0 Å². The molecule has 0 radical (unpaired) electrons. The molecular formula is C17H27N5O2. The number of nitrogen functional groups attached to an aromatic ring is 1. The highest BCUT2D eigenvalue weighted by molar-refractivity contribution is 5.73. The number of fused-ring (bicyclic) bond motifs is 1. The summed E-state index contributed by atoms with van der Waals surface area (Å²) in [6.45, 7) is 8.31. The lowest BCUT2D eigenvalue weighted by Gasteiger charge is -2.50. The van der Waals surface area contributed by atoms with Gasteiger partial charge in [0.2, 0.25) is 11.9 Å². The fourth-order valence-corrected chi connectivity index (χ4v) is 4.06. The molecule has 2 fully saturated rings. The molecule has 0 aliphatic carbocycles. The van der Waals surface area contributed by atoms with Crippen LogP contribution in [0.4, 0.5) is 11.8 Å². The minimum Gasteiger partial charge on any atom is -0.389 e. The number of anilines is 2. The normalized spacial score (nSPS) is 27.1. The number of aryl methyl sites for hydroxylation is 1. The van der Waals surface area contributed by atoms with Gasteiger partial charge >= 0.3 is 0 Å². The first kappa shape index (κ1) is 17.0. The van der Waals surface area contributed by atoms with Gasteiger partial charge in [-0.05, 0) is 26.2 Å². The molecular weight excluding hydrogens is 306 g/mol. The van der Waals surface area contributed by atoms with E-state index in [1.165, 1.54) is 0 Å². The number of amides is 1. The van der Waals surface area contributed by atoms with Crippen molar-refractivity contribution in [2.24, 2.45) is 5.92 Å². The van der Waals surface area contributed by atoms with E-state index in [2.05, 4.69) is 21.8 Å². The number of carbonyl (C=O) groups excluding carboxylic acids is 1. The molecule has 7 nitrogen and oxygen atoms in total. The second kappa shape index (κ2) is 6.20. The fraction of sp³-hybridized carbons (Fsp3) is 0.706. The monoisotopic (exact) mass is 333 g/mol. The van der Waals surface area contributed by atoms with E-state index in [1.54, 1.807) is 6.92 Å². The first-order chi connectivity index (χ1) is 11.3. The van der Waals surface area contributed by atoms with Gasteiger partial charge in [0.1, 0.15) is 5.82 Å². The highest BCUT2D eigenvalue weighted by atomic mass is 16.3. The first-order valence-electron chi connectivity index (χ1n) is 8.70. The van der Waals surface area contributed by atoms with E-state index in [-0.39, 0.29) is 17.8 Å². The molecule has 3 rings (SSSR count). The largest absolute Gasteiger partial charge is 0.389 e. The molecule has 3 heterocycles. The van der Waals surface area contributed by atoms with E-state index in [4.69, 9.17) is 5.73 Å². The molecule has 2 aliphatic rings. The van der Waals surface area contributed by atoms with Crippen LogP contribution in [0.1, 0.15) is 37.9 Å². The van der Waals surface area contributed by atoms with Crippen LogP contribution in [0.5, 0.6) is 0 Å². The summed E-state index contributed by atoms with van der Waals surface area (Å²) in [6, 6.07) is 0. The van der Waals surface area contributed by atoms with Crippen LogP contribution in [0.15, 0.2) is 0 Å². The summed E-state index contributed by atoms with van der Waals surface area (Å²) >= 11 is 0. The number of piperidine rings is 2. The molecule has 24 heavy (non-hydrogen) atoms. The molecule has 132 valence electrons. The van der Waals surface area contributed by atoms with E-state index >= 15 is 0 Å². The Balaban J connectivity index is 1.87. The Kier molecular flexibility index (Phi) is 4.38. The minimum absolute atomic E-state index is 0.0325. The molecule has 0 unspecified atom stereocenters. The second-order valence-corrected chi connectivity index (χ2v) is 7.03. The summed E-state index contributed by atoms with van der Waals surface area (Å²) in [7, 11) is 0. The van der Waals surface area contributed by atoms with Crippen molar-refractivity contribution in [1.29, 1.82) is 0 Å². The fourth-order valence-electron chi connectivity index (χ4n) is 4.06. The minimum atomic E-state index is -0.678. The van der Waals surface area contributed by atoms with E-state index in [9.17, 15) is 9.90 Å². The average molecular weight is 333 g/mol. The zero-order valence-corrected chi connectivity index (χ0v) is 14.7. The van der Waals surface area contributed by atoms with Crippen LogP contribution < -0.4 is 10.6 Å². The Bertz CT molecular complexity index is 650. The molecule has 2 aliphatic heterocycles. The van der Waals surface area contributed by atoms with Gasteiger partial charge in [-0.2, -0.15) is 4.98 Å². The molecule has 0 spiro atoms. The van der Waals surface area contributed by atoms with Gasteiger partial charge in [0, 0.05) is 50.3 Å². The van der Waals surface area contributed by atoms with E-state index < -0.39 is 5.60 Å². The smallest absolute Gasteiger partial charge is 0.222 e. The van der Waals surface area contributed by atoms with Gasteiger partial charge in [-0.3, -0.25) is 4.79 Å². The van der Waals surface area contributed by atoms with Crippen LogP contribution in [0.3, 0.4) is 0 Å². The van der Waals surface area contributed by atoms with Gasteiger partial charge < -0.3 is 20.6 Å². The molecule has 0 saturated carbocycles. The van der Waals surface area contributed by atoms with Crippen LogP contribution in [0, 0.1) is 12.8 Å². The van der Waals surface area contributed by atoms with Gasteiger partial charge in [0.05, 0.1) is 5.60 Å². The van der Waals surface area contributed by atoms with Crippen molar-refractivity contribution in [2.75, 3.05) is 36.8 Å². The van der Waals surface area contributed by atoms with Crippen molar-refractivity contribution in [1.82, 2.24) is 14.9 Å². The second-order valence-electron chi connectivity index (χ2n) is 7.03. The van der Waals surface area contributed by atoms with Gasteiger partial charge in [-0.25, -0.2) is 4.98 Å². The number of likely N-dealkylation sites (tertiary alicyclic amines) is 1. The predicted molar refractivity (Wildman–Crippen MR) is 92.7 cm³/mol. The molecule has 2 atom stereocenters. The molecule has 0 bridgehead atoms. The van der Waals surface area contributed by atoms with Crippen molar-refractivity contribution in [3.05, 3.63) is 11.3 Å². The van der Waals surface area contributed by atoms with Crippen molar-refractivity contribution < 1.29 is 9.90 Å². The summed E-state index contributed by atoms with van der Waals surface area (Å²) in [4.78, 5) is 24.5. The summed E-state index contributed by atoms with van der Waals surface area (Å²) in [5.74, 6) is 1.27. The lowest BCUT2D eigenvalue weighted by atomic mass is 9.75. The number of nitrogens with zero attached hydrogens (tertiary/aromatic N) is 4. The molecule has 1 aromatic rings. The number of carbonyl (C=O) groups is 1. The Labute approximate surface area is 142 Å². The highest BCUT2D eigenvalue weighted by Gasteiger charge is 2.46. The van der Waals surface area contributed by atoms with Crippen LogP contribution >= 0.6 is 0 Å². The summed E-state index contributed by atoms with van der Waals surface area (Å²) in [5, 5.41) is 11.0. The SMILES string of the molecule is CCc1c(C)nc(N)nc1N1CC[C@@]2(O)CCN(C(C)=O)C[C@H]2C1. The maximum Gasteiger partial charge on any atom is 0.222 e. The van der Waals surface area contributed by atoms with E-state index in [0.717, 1.165) is 30.0 Å². The third-order valence-corrected chi connectivity index (χ3v) is 5.58. The van der Waals surface area contributed by atoms with Crippen LogP contribution in [-0.4, -0.2) is 57.7 Å². The van der Waals surface area contributed by atoms with Gasteiger partial charge in [0.25, 0.3) is 0 Å². The number of aromatic nitrogens is 2. The maximum absolute atomic E-state index is 11.7. The lowest BCUT2D eigenvalue weighted by molar-refractivity contribution is -0.139. The summed E-state index contributed by atoms with van der Waals surface area (Å²) in [6.07, 6.45) is 2.18. The Morgan fingerprint density at radius 1 is 1.33 bits per heavy atom. The van der Waals surface area contributed by atoms with E-state index in [0.29, 0.717) is 32.5 Å². The number of hydrogen-bond acceptors (Lipinski definition) is 6. The lowest BCUT2D eigenvalue weighted by Crippen LogP contribution is -2.60. The zero-order chi connectivity index (χ0) is 17.5. The van der Waals surface area contributed by atoms with Gasteiger partial charge in [0.15, 0.2) is 0 Å². The van der Waals surface area contributed by atoms with Crippen molar-refractivity contribution in [3.8, 4) is 0 Å². The van der Waals surface area contributed by atoms with Crippen molar-refractivity contribution >= 4 is 17.7 Å². The Hall–Kier alpha value is -1.89. The zero-order valence-electron chi connectivity index (χ0n) is 14.7. The van der Waals surface area contributed by atoms with Crippen LogP contribution in [0.25, 0.3) is 0 Å². The van der Waals surface area contributed by atoms with Crippen LogP contribution in [0.2, 0.25) is 0 Å². The standard InChI is InChI=1S/C17H27N5O2/c1-4-14-11(2)19-16(18)20-15(14)22-8-6-17(24)5-7-21(12(3)23)9-13(17)10-22/h13,24H,4-10H2,1-3H3,(H2,18,19,20)/t13-,17-/m0/s1. The number of nitrogens with two attached hydrogens (primary N) is 1. The Morgan fingerprint density at radius 3 is 2.71 bits per heavy atom. The molecule has 1 aromatic heterocycles. The molecule has 2 saturated heterocycles. The maximum atomic E-state index is 11.7. The molecule has 3 N–H and O–H groups in total. The van der Waals surface area contributed by atoms with E-state index in [1.807, 2.05) is 11.8 Å². The third-order valence-electron chi connectivity index (χ3n) is 5.58. The Morgan fingerprint density at radius 2 is 2.04 bits per heavy atom. The third kappa shape index (κ3) is 2.92. The average Bonchev–Trinajstić information content (AvgIpc) is 2.52. The van der Waals surface area contributed by atoms with Gasteiger partial charge in [-0.1, -0.05) is 6.92 Å². The number of hydrogen-bond donors (Lipinski definition) is 2. The van der Waals surface area contributed by atoms with Crippen molar-refractivity contribution in [3.63, 3.8) is 0 Å². The molecule has 1 amide bonds. The highest BCUT2D eigenvalue weighted by Crippen LogP contribution is 2.37. The van der Waals surface area contributed by atoms with Crippen LogP contribution in [-0.2, 0) is 11.2 Å². The summed E-state index contributed by atoms with van der Waals surface area (Å²) in [5.41, 5.74) is 7.20. The summed E-state index contributed by atoms with van der Waals surface area (Å²) < 4.78 is 0. The number of rotatable bonds is 2.